The van der Waals surface area contributed by atoms with Gasteiger partial charge in [-0.1, -0.05) is 12.1 Å². The molecule has 3 rings (SSSR count). The Morgan fingerprint density at radius 2 is 2.22 bits per heavy atom. The fourth-order valence-corrected chi connectivity index (χ4v) is 2.16. The van der Waals surface area contributed by atoms with Crippen LogP contribution in [0.2, 0.25) is 0 Å². The molecule has 8 heteroatoms. The van der Waals surface area contributed by atoms with Gasteiger partial charge in [-0.3, -0.25) is 20.0 Å². The van der Waals surface area contributed by atoms with Gasteiger partial charge in [-0.25, -0.2) is 5.43 Å². The lowest BCUT2D eigenvalue weighted by Crippen LogP contribution is -2.19. The normalized spacial score (nSPS) is 14.6. The third kappa shape index (κ3) is 3.42. The van der Waals surface area contributed by atoms with E-state index in [9.17, 15) is 14.9 Å². The number of nitro groups is 1. The third-order valence-electron chi connectivity index (χ3n) is 3.65. The topological polar surface area (TPSA) is 113 Å². The highest BCUT2D eigenvalue weighted by atomic mass is 16.6. The molecule has 0 aliphatic heterocycles. The number of rotatable bonds is 5. The van der Waals surface area contributed by atoms with Crippen molar-refractivity contribution in [2.45, 2.75) is 25.7 Å². The number of non-ortho nitro benzene ring substituents is 1. The van der Waals surface area contributed by atoms with Crippen LogP contribution in [0, 0.1) is 10.1 Å². The van der Waals surface area contributed by atoms with Gasteiger partial charge < -0.3 is 0 Å². The van der Waals surface area contributed by atoms with Gasteiger partial charge in [0.1, 0.15) is 0 Å². The van der Waals surface area contributed by atoms with Gasteiger partial charge in [0, 0.05) is 29.3 Å². The van der Waals surface area contributed by atoms with Crippen molar-refractivity contribution < 1.29 is 9.72 Å². The Balaban J connectivity index is 1.69. The van der Waals surface area contributed by atoms with Crippen LogP contribution in [0.5, 0.6) is 0 Å². The quantitative estimate of drug-likeness (QED) is 0.501. The number of aromatic nitrogens is 2. The van der Waals surface area contributed by atoms with Crippen LogP contribution in [0.15, 0.2) is 35.4 Å². The van der Waals surface area contributed by atoms with Crippen molar-refractivity contribution in [1.82, 2.24) is 15.6 Å². The summed E-state index contributed by atoms with van der Waals surface area (Å²) in [5.41, 5.74) is 4.68. The molecule has 0 spiro atoms. The van der Waals surface area contributed by atoms with E-state index in [-0.39, 0.29) is 11.4 Å². The molecule has 0 saturated heterocycles. The van der Waals surface area contributed by atoms with E-state index in [2.05, 4.69) is 20.7 Å². The van der Waals surface area contributed by atoms with Gasteiger partial charge in [0.05, 0.1) is 10.6 Å². The van der Waals surface area contributed by atoms with Gasteiger partial charge in [0.15, 0.2) is 5.69 Å². The van der Waals surface area contributed by atoms with Crippen molar-refractivity contribution in [2.75, 3.05) is 0 Å². The molecule has 1 heterocycles. The standard InChI is InChI=1S/C15H15N5O3/c1-9(11-3-2-4-12(7-11)20(22)23)16-19-15(21)14-8-13(17-18-14)10-5-6-10/h2-4,7-8,10H,5-6H2,1H3,(H,17,18)(H,19,21)/b16-9+. The van der Waals surface area contributed by atoms with E-state index in [0.29, 0.717) is 17.2 Å². The first-order chi connectivity index (χ1) is 11.0. The molecule has 1 aliphatic rings. The van der Waals surface area contributed by atoms with E-state index in [1.807, 2.05) is 0 Å². The number of H-pyrrole nitrogens is 1. The minimum absolute atomic E-state index is 0.0234. The van der Waals surface area contributed by atoms with Gasteiger partial charge in [0.2, 0.25) is 0 Å². The highest BCUT2D eigenvalue weighted by molar-refractivity contribution is 6.00. The number of nitrogens with zero attached hydrogens (tertiary/aromatic N) is 3. The molecule has 8 nitrogen and oxygen atoms in total. The van der Waals surface area contributed by atoms with Crippen molar-refractivity contribution in [2.24, 2.45) is 5.10 Å². The Bertz CT molecular complexity index is 792. The fraction of sp³-hybridized carbons (Fsp3) is 0.267. The lowest BCUT2D eigenvalue weighted by atomic mass is 10.1. The van der Waals surface area contributed by atoms with Crippen molar-refractivity contribution >= 4 is 17.3 Å². The Morgan fingerprint density at radius 3 is 2.91 bits per heavy atom. The number of hydrazone groups is 1. The molecule has 0 atom stereocenters. The smallest absolute Gasteiger partial charge is 0.281 e. The fourth-order valence-electron chi connectivity index (χ4n) is 2.16. The molecule has 0 unspecified atom stereocenters. The summed E-state index contributed by atoms with van der Waals surface area (Å²) in [7, 11) is 0. The molecule has 1 saturated carbocycles. The van der Waals surface area contributed by atoms with Crippen molar-refractivity contribution in [1.29, 1.82) is 0 Å². The molecule has 1 aliphatic carbocycles. The zero-order valence-corrected chi connectivity index (χ0v) is 12.4. The van der Waals surface area contributed by atoms with Gasteiger partial charge in [-0.15, -0.1) is 0 Å². The summed E-state index contributed by atoms with van der Waals surface area (Å²) in [6.07, 6.45) is 2.24. The summed E-state index contributed by atoms with van der Waals surface area (Å²) in [6, 6.07) is 7.80. The van der Waals surface area contributed by atoms with Crippen LogP contribution in [-0.4, -0.2) is 26.7 Å². The minimum Gasteiger partial charge on any atom is -0.281 e. The molecule has 1 amide bonds. The minimum atomic E-state index is -0.474. The first-order valence-electron chi connectivity index (χ1n) is 7.19. The van der Waals surface area contributed by atoms with Crippen LogP contribution >= 0.6 is 0 Å². The first-order valence-corrected chi connectivity index (χ1v) is 7.19. The van der Waals surface area contributed by atoms with Gasteiger partial charge in [-0.2, -0.15) is 10.2 Å². The average Bonchev–Trinajstić information content (AvgIpc) is 3.29. The second-order valence-corrected chi connectivity index (χ2v) is 5.43. The van der Waals surface area contributed by atoms with Crippen LogP contribution in [0.4, 0.5) is 5.69 Å². The number of carbonyl (C=O) groups excluding carboxylic acids is 1. The Labute approximate surface area is 131 Å². The summed E-state index contributed by atoms with van der Waals surface area (Å²) in [5, 5.41) is 21.6. The van der Waals surface area contributed by atoms with Crippen LogP contribution < -0.4 is 5.43 Å². The second-order valence-electron chi connectivity index (χ2n) is 5.43. The van der Waals surface area contributed by atoms with Crippen LogP contribution in [0.25, 0.3) is 0 Å². The average molecular weight is 313 g/mol. The number of nitro benzene ring substituents is 1. The lowest BCUT2D eigenvalue weighted by Gasteiger charge is -2.01. The Morgan fingerprint density at radius 1 is 1.43 bits per heavy atom. The number of benzene rings is 1. The van der Waals surface area contributed by atoms with Crippen molar-refractivity contribution in [3.8, 4) is 0 Å². The second kappa shape index (κ2) is 5.99. The van der Waals surface area contributed by atoms with Gasteiger partial charge >= 0.3 is 0 Å². The first kappa shape index (κ1) is 14.9. The molecule has 1 aromatic heterocycles. The monoisotopic (exact) mass is 313 g/mol. The maximum atomic E-state index is 12.0. The van der Waals surface area contributed by atoms with Gasteiger partial charge in [-0.05, 0) is 25.8 Å². The van der Waals surface area contributed by atoms with Crippen molar-refractivity contribution in [3.63, 3.8) is 0 Å². The van der Waals surface area contributed by atoms with Gasteiger partial charge in [0.25, 0.3) is 11.6 Å². The highest BCUT2D eigenvalue weighted by Crippen LogP contribution is 2.38. The third-order valence-corrected chi connectivity index (χ3v) is 3.65. The van der Waals surface area contributed by atoms with Crippen LogP contribution in [-0.2, 0) is 0 Å². The molecular weight excluding hydrogens is 298 g/mol. The molecule has 118 valence electrons. The number of hydrogen-bond donors (Lipinski definition) is 2. The van der Waals surface area contributed by atoms with Crippen LogP contribution in [0.1, 0.15) is 47.4 Å². The summed E-state index contributed by atoms with van der Waals surface area (Å²) in [6.45, 7) is 1.67. The van der Waals surface area contributed by atoms with Crippen molar-refractivity contribution in [3.05, 3.63) is 57.4 Å². The predicted octanol–water partition coefficient (Wildman–Crippen LogP) is 2.35. The van der Waals surface area contributed by atoms with E-state index >= 15 is 0 Å². The molecular formula is C15H15N5O3. The SMILES string of the molecule is C/C(=N\NC(=O)c1cc(C2CC2)[nH]n1)c1cccc([N+](=O)[O-])c1. The van der Waals surface area contributed by atoms with Crippen LogP contribution in [0.3, 0.4) is 0 Å². The zero-order chi connectivity index (χ0) is 16.4. The number of hydrogen-bond acceptors (Lipinski definition) is 5. The van der Waals surface area contributed by atoms with E-state index in [1.165, 1.54) is 12.1 Å². The van der Waals surface area contributed by atoms with E-state index in [1.54, 1.807) is 25.1 Å². The predicted molar refractivity (Wildman–Crippen MR) is 83.3 cm³/mol. The molecule has 0 radical (unpaired) electrons. The largest absolute Gasteiger partial charge is 0.291 e. The molecule has 1 fully saturated rings. The highest BCUT2D eigenvalue weighted by Gasteiger charge is 2.26. The summed E-state index contributed by atoms with van der Waals surface area (Å²) in [4.78, 5) is 22.3. The maximum absolute atomic E-state index is 12.0. The summed E-state index contributed by atoms with van der Waals surface area (Å²) in [5.74, 6) is 0.0667. The number of amides is 1. The molecule has 23 heavy (non-hydrogen) atoms. The molecule has 0 bridgehead atoms. The molecule has 2 N–H and O–H groups in total. The molecule has 2 aromatic rings. The summed E-state index contributed by atoms with van der Waals surface area (Å²) < 4.78 is 0. The number of aromatic amines is 1. The van der Waals surface area contributed by atoms with E-state index in [0.717, 1.165) is 18.5 Å². The zero-order valence-electron chi connectivity index (χ0n) is 12.4. The molecule has 1 aromatic carbocycles. The van der Waals surface area contributed by atoms with E-state index in [4.69, 9.17) is 0 Å². The maximum Gasteiger partial charge on any atom is 0.291 e. The number of nitrogens with one attached hydrogen (secondary N) is 2. The Hall–Kier alpha value is -3.03. The number of carbonyl (C=O) groups is 1. The lowest BCUT2D eigenvalue weighted by molar-refractivity contribution is -0.384. The summed E-state index contributed by atoms with van der Waals surface area (Å²) >= 11 is 0. The Kier molecular flexibility index (Phi) is 3.88. The van der Waals surface area contributed by atoms with E-state index < -0.39 is 10.8 Å².